The van der Waals surface area contributed by atoms with Crippen LogP contribution in [0.3, 0.4) is 0 Å². The fourth-order valence-corrected chi connectivity index (χ4v) is 2.24. The molecule has 4 nitrogen and oxygen atoms in total. The third kappa shape index (κ3) is 4.98. The zero-order chi connectivity index (χ0) is 17.7. The molecule has 0 spiro atoms. The van der Waals surface area contributed by atoms with Crippen LogP contribution in [0.2, 0.25) is 0 Å². The minimum Gasteiger partial charge on any atom is -0.396 e. The maximum atomic E-state index is 13.5. The zero-order valence-electron chi connectivity index (χ0n) is 13.7. The van der Waals surface area contributed by atoms with Crippen molar-refractivity contribution in [3.63, 3.8) is 0 Å². The van der Waals surface area contributed by atoms with E-state index in [-0.39, 0.29) is 18.8 Å². The quantitative estimate of drug-likeness (QED) is 0.654. The fraction of sp³-hybridized carbons (Fsp3) is 0.250. The number of nitrogen functional groups attached to an aromatic ring is 1. The summed E-state index contributed by atoms with van der Waals surface area (Å²) in [5, 5.41) is 12.8. The normalized spacial score (nSPS) is 14.1. The first-order chi connectivity index (χ1) is 11.3. The Balaban J connectivity index is 1.93. The van der Waals surface area contributed by atoms with Crippen LogP contribution in [0.15, 0.2) is 46.9 Å². The van der Waals surface area contributed by atoms with Gasteiger partial charge in [-0.1, -0.05) is 30.3 Å². The molecule has 0 aromatic heterocycles. The van der Waals surface area contributed by atoms with Gasteiger partial charge < -0.3 is 20.9 Å². The summed E-state index contributed by atoms with van der Waals surface area (Å²) < 4.78 is 34.8. The molecule has 22 heavy (non-hydrogen) atoms. The topological polar surface area (TPSA) is 67.5 Å². The van der Waals surface area contributed by atoms with Crippen LogP contribution in [-0.2, 0) is 11.3 Å². The first-order valence-electron chi connectivity index (χ1n) is 7.64. The number of nitrogens with one attached hydrogen (secondary N) is 1. The van der Waals surface area contributed by atoms with E-state index in [4.69, 9.17) is 13.2 Å². The van der Waals surface area contributed by atoms with E-state index >= 15 is 0 Å². The van der Waals surface area contributed by atoms with Gasteiger partial charge in [-0.25, -0.2) is 4.39 Å². The van der Waals surface area contributed by atoms with E-state index in [0.29, 0.717) is 10.2 Å². The van der Waals surface area contributed by atoms with Gasteiger partial charge in [0.15, 0.2) is 0 Å². The van der Waals surface area contributed by atoms with Crippen molar-refractivity contribution in [2.24, 2.45) is 0 Å². The third-order valence-electron chi connectivity index (χ3n) is 2.87. The van der Waals surface area contributed by atoms with Crippen LogP contribution in [0, 0.1) is 5.82 Å². The predicted molar refractivity (Wildman–Crippen MR) is 89.1 cm³/mol. The van der Waals surface area contributed by atoms with Crippen LogP contribution in [0.1, 0.15) is 8.30 Å². The highest BCUT2D eigenvalue weighted by molar-refractivity contribution is 9.10. The summed E-state index contributed by atoms with van der Waals surface area (Å²) >= 11 is 3.23. The van der Waals surface area contributed by atoms with E-state index < -0.39 is 18.5 Å². The zero-order valence-corrected chi connectivity index (χ0v) is 13.3. The Labute approximate surface area is 140 Å². The van der Waals surface area contributed by atoms with Crippen LogP contribution in [0.5, 0.6) is 0 Å². The number of hydrogen-bond donors (Lipinski definition) is 3. The molecular formula is C16H18BrFN2O2. The lowest BCUT2D eigenvalue weighted by Gasteiger charge is -2.15. The van der Waals surface area contributed by atoms with Crippen molar-refractivity contribution in [3.05, 3.63) is 58.3 Å². The monoisotopic (exact) mass is 370 g/mol. The highest BCUT2D eigenvalue weighted by atomic mass is 79.9. The lowest BCUT2D eigenvalue weighted by atomic mass is 10.2. The molecular weight excluding hydrogens is 351 g/mol. The molecule has 0 aliphatic carbocycles. The molecule has 0 fully saturated rings. The lowest BCUT2D eigenvalue weighted by molar-refractivity contribution is 0.0348. The van der Waals surface area contributed by atoms with E-state index in [1.165, 1.54) is 12.1 Å². The molecule has 0 heterocycles. The third-order valence-corrected chi connectivity index (χ3v) is 3.53. The first kappa shape index (κ1) is 14.0. The number of aliphatic hydroxyl groups is 1. The second-order valence-electron chi connectivity index (χ2n) is 4.64. The average Bonchev–Trinajstić information content (AvgIpc) is 2.56. The number of ether oxygens (including phenoxy) is 1. The van der Waals surface area contributed by atoms with Crippen molar-refractivity contribution in [1.29, 1.82) is 0 Å². The number of benzene rings is 2. The van der Waals surface area contributed by atoms with Crippen molar-refractivity contribution in [3.8, 4) is 0 Å². The Hall–Kier alpha value is -1.63. The summed E-state index contributed by atoms with van der Waals surface area (Å²) in [7, 11) is 0. The van der Waals surface area contributed by atoms with Crippen LogP contribution in [0.25, 0.3) is 0 Å². The van der Waals surface area contributed by atoms with Gasteiger partial charge in [0, 0.05) is 17.1 Å². The van der Waals surface area contributed by atoms with E-state index in [1.54, 1.807) is 12.1 Å². The number of rotatable bonds is 7. The van der Waals surface area contributed by atoms with Gasteiger partial charge in [-0.15, -0.1) is 0 Å². The Morgan fingerprint density at radius 3 is 2.82 bits per heavy atom. The molecule has 1 atom stereocenters. The predicted octanol–water partition coefficient (Wildman–Crippen LogP) is 3.16. The van der Waals surface area contributed by atoms with Crippen LogP contribution < -0.4 is 11.1 Å². The van der Waals surface area contributed by atoms with Gasteiger partial charge in [-0.2, -0.15) is 0 Å². The highest BCUT2D eigenvalue weighted by Gasteiger charge is 2.09. The average molecular weight is 371 g/mol. The molecule has 2 aromatic rings. The standard InChI is InChI=1S/C16H18BrFN2O2/c17-13-6-15(19)14(18)7-16(13)20-8-12(21)10-22-9-11-4-2-1-3-5-11/h1-7,12,20-21H,8-10,19H2/t12-/m1/s1/i10D2. The minimum absolute atomic E-state index is 0.00509. The van der Waals surface area contributed by atoms with Crippen LogP contribution >= 0.6 is 15.9 Å². The summed E-state index contributed by atoms with van der Waals surface area (Å²) in [6, 6.07) is 11.7. The summed E-state index contributed by atoms with van der Waals surface area (Å²) in [5.74, 6) is -0.599. The second-order valence-corrected chi connectivity index (χ2v) is 5.50. The molecule has 0 radical (unpaired) electrons. The van der Waals surface area contributed by atoms with E-state index in [1.807, 2.05) is 18.2 Å². The van der Waals surface area contributed by atoms with Crippen LogP contribution in [-0.4, -0.2) is 24.3 Å². The highest BCUT2D eigenvalue weighted by Crippen LogP contribution is 2.27. The molecule has 118 valence electrons. The van der Waals surface area contributed by atoms with Crippen molar-refractivity contribution >= 4 is 27.3 Å². The lowest BCUT2D eigenvalue weighted by Crippen LogP contribution is -2.25. The van der Waals surface area contributed by atoms with Crippen molar-refractivity contribution < 1.29 is 17.0 Å². The van der Waals surface area contributed by atoms with Gasteiger partial charge in [-0.3, -0.25) is 0 Å². The molecule has 0 unspecified atom stereocenters. The smallest absolute Gasteiger partial charge is 0.148 e. The SMILES string of the molecule is [2H]C([2H])(OCc1ccccc1)[C@H](O)CNc1cc(F)c(N)cc1Br. The molecule has 0 saturated carbocycles. The molecule has 6 heteroatoms. The number of aliphatic hydroxyl groups excluding tert-OH is 1. The molecule has 0 aliphatic heterocycles. The summed E-state index contributed by atoms with van der Waals surface area (Å²) in [4.78, 5) is 0. The maximum absolute atomic E-state index is 13.5. The number of nitrogens with two attached hydrogens (primary N) is 1. The van der Waals surface area contributed by atoms with Gasteiger partial charge in [0.1, 0.15) is 5.82 Å². The molecule has 0 bridgehead atoms. The largest absolute Gasteiger partial charge is 0.396 e. The Morgan fingerprint density at radius 1 is 1.36 bits per heavy atom. The Morgan fingerprint density at radius 2 is 2.09 bits per heavy atom. The first-order valence-corrected chi connectivity index (χ1v) is 7.43. The summed E-state index contributed by atoms with van der Waals surface area (Å²) in [5.41, 5.74) is 6.60. The van der Waals surface area contributed by atoms with Gasteiger partial charge >= 0.3 is 0 Å². The van der Waals surface area contributed by atoms with E-state index in [0.717, 1.165) is 5.56 Å². The molecule has 0 saturated heterocycles. The van der Waals surface area contributed by atoms with Crippen molar-refractivity contribution in [1.82, 2.24) is 0 Å². The van der Waals surface area contributed by atoms with Gasteiger partial charge in [0.2, 0.25) is 0 Å². The Kier molecular flexibility index (Phi) is 5.17. The summed E-state index contributed by atoms with van der Waals surface area (Å²) in [6.07, 6.45) is -1.45. The second kappa shape index (κ2) is 8.12. The van der Waals surface area contributed by atoms with Crippen molar-refractivity contribution in [2.75, 3.05) is 24.2 Å². The van der Waals surface area contributed by atoms with Gasteiger partial charge in [0.05, 0.1) is 33.4 Å². The maximum Gasteiger partial charge on any atom is 0.148 e. The number of anilines is 2. The summed E-state index contributed by atoms with van der Waals surface area (Å²) in [6.45, 7) is -2.39. The van der Waals surface area contributed by atoms with Crippen molar-refractivity contribution in [2.45, 2.75) is 12.7 Å². The molecule has 0 amide bonds. The van der Waals surface area contributed by atoms with Gasteiger partial charge in [-0.05, 0) is 27.6 Å². The Bertz CT molecular complexity index is 689. The van der Waals surface area contributed by atoms with Crippen LogP contribution in [0.4, 0.5) is 15.8 Å². The minimum atomic E-state index is -2.26. The van der Waals surface area contributed by atoms with E-state index in [2.05, 4.69) is 21.2 Å². The molecule has 2 aromatic carbocycles. The number of hydrogen-bond acceptors (Lipinski definition) is 4. The van der Waals surface area contributed by atoms with E-state index in [9.17, 15) is 9.50 Å². The molecule has 0 aliphatic rings. The van der Waals surface area contributed by atoms with Gasteiger partial charge in [0.25, 0.3) is 0 Å². The molecule has 2 rings (SSSR count). The number of halogens is 2. The fourth-order valence-electron chi connectivity index (χ4n) is 1.74. The molecule has 4 N–H and O–H groups in total.